The van der Waals surface area contributed by atoms with E-state index in [-0.39, 0.29) is 5.91 Å². The number of nitriles is 1. The highest BCUT2D eigenvalue weighted by molar-refractivity contribution is 5.92. The molecule has 0 fully saturated rings. The van der Waals surface area contributed by atoms with Crippen LogP contribution in [0.2, 0.25) is 0 Å². The molecule has 1 aromatic carbocycles. The van der Waals surface area contributed by atoms with Gasteiger partial charge in [0.15, 0.2) is 0 Å². The number of hydrogen-bond acceptors (Lipinski definition) is 3. The Balaban J connectivity index is 2.33. The Morgan fingerprint density at radius 2 is 2.22 bits per heavy atom. The van der Waals surface area contributed by atoms with Gasteiger partial charge in [0, 0.05) is 5.69 Å². The minimum atomic E-state index is -0.0890. The number of benzene rings is 1. The normalized spacial score (nSPS) is 10.1. The van der Waals surface area contributed by atoms with Gasteiger partial charge in [0.25, 0.3) is 0 Å². The van der Waals surface area contributed by atoms with Crippen LogP contribution in [0.1, 0.15) is 25.8 Å². The van der Waals surface area contributed by atoms with E-state index >= 15 is 0 Å². The summed E-state index contributed by atoms with van der Waals surface area (Å²) in [6.07, 6.45) is 1.05. The van der Waals surface area contributed by atoms with Crippen molar-refractivity contribution in [3.63, 3.8) is 0 Å². The molecule has 4 heteroatoms. The minimum absolute atomic E-state index is 0.0890. The maximum absolute atomic E-state index is 11.6. The van der Waals surface area contributed by atoms with Crippen LogP contribution in [0, 0.1) is 17.2 Å². The smallest absolute Gasteiger partial charge is 0.238 e. The highest BCUT2D eigenvalue weighted by Gasteiger charge is 2.02. The van der Waals surface area contributed by atoms with Crippen LogP contribution in [0.15, 0.2) is 24.3 Å². The first-order valence-electron chi connectivity index (χ1n) is 6.12. The fourth-order valence-electron chi connectivity index (χ4n) is 1.46. The van der Waals surface area contributed by atoms with Crippen LogP contribution in [0.5, 0.6) is 0 Å². The van der Waals surface area contributed by atoms with Crippen molar-refractivity contribution in [1.82, 2.24) is 5.32 Å². The maximum atomic E-state index is 11.6. The summed E-state index contributed by atoms with van der Waals surface area (Å²) in [4.78, 5) is 11.6. The Kier molecular flexibility index (Phi) is 5.89. The summed E-state index contributed by atoms with van der Waals surface area (Å²) in [6, 6.07) is 8.92. The Hall–Kier alpha value is -1.86. The topological polar surface area (TPSA) is 64.9 Å². The first kappa shape index (κ1) is 14.2. The van der Waals surface area contributed by atoms with E-state index in [2.05, 4.69) is 24.5 Å². The third kappa shape index (κ3) is 5.46. The second-order valence-corrected chi connectivity index (χ2v) is 4.60. The SMILES string of the molecule is CC(C)CCNCC(=O)Nc1cccc(C#N)c1. The summed E-state index contributed by atoms with van der Waals surface area (Å²) in [5, 5.41) is 14.6. The number of hydrogen-bond donors (Lipinski definition) is 2. The molecular weight excluding hydrogens is 226 g/mol. The van der Waals surface area contributed by atoms with Crippen molar-refractivity contribution in [3.8, 4) is 6.07 Å². The Bertz CT molecular complexity index is 435. The van der Waals surface area contributed by atoms with Crippen LogP contribution in [0.4, 0.5) is 5.69 Å². The zero-order chi connectivity index (χ0) is 13.4. The molecule has 0 saturated heterocycles. The molecule has 0 saturated carbocycles. The monoisotopic (exact) mass is 245 g/mol. The van der Waals surface area contributed by atoms with Gasteiger partial charge in [-0.25, -0.2) is 0 Å². The van der Waals surface area contributed by atoms with Crippen molar-refractivity contribution in [1.29, 1.82) is 5.26 Å². The second-order valence-electron chi connectivity index (χ2n) is 4.60. The average Bonchev–Trinajstić information content (AvgIpc) is 2.34. The fourth-order valence-corrected chi connectivity index (χ4v) is 1.46. The molecule has 0 unspecified atom stereocenters. The molecule has 0 bridgehead atoms. The van der Waals surface area contributed by atoms with Crippen molar-refractivity contribution >= 4 is 11.6 Å². The standard InChI is InChI=1S/C14H19N3O/c1-11(2)6-7-16-10-14(18)17-13-5-3-4-12(8-13)9-15/h3-5,8,11,16H,6-7,10H2,1-2H3,(H,17,18). The van der Waals surface area contributed by atoms with Crippen molar-refractivity contribution in [2.24, 2.45) is 5.92 Å². The van der Waals surface area contributed by atoms with E-state index in [0.717, 1.165) is 13.0 Å². The molecule has 0 radical (unpaired) electrons. The highest BCUT2D eigenvalue weighted by atomic mass is 16.1. The predicted molar refractivity (Wildman–Crippen MR) is 72.1 cm³/mol. The Morgan fingerprint density at radius 3 is 2.89 bits per heavy atom. The molecule has 0 atom stereocenters. The largest absolute Gasteiger partial charge is 0.325 e. The van der Waals surface area contributed by atoms with E-state index in [1.165, 1.54) is 0 Å². The van der Waals surface area contributed by atoms with Gasteiger partial charge in [-0.1, -0.05) is 19.9 Å². The van der Waals surface area contributed by atoms with Crippen LogP contribution >= 0.6 is 0 Å². The molecule has 0 heterocycles. The summed E-state index contributed by atoms with van der Waals surface area (Å²) < 4.78 is 0. The van der Waals surface area contributed by atoms with E-state index in [0.29, 0.717) is 23.7 Å². The lowest BCUT2D eigenvalue weighted by molar-refractivity contribution is -0.115. The van der Waals surface area contributed by atoms with Crippen molar-refractivity contribution in [2.45, 2.75) is 20.3 Å². The quantitative estimate of drug-likeness (QED) is 0.755. The zero-order valence-corrected chi connectivity index (χ0v) is 10.9. The first-order valence-corrected chi connectivity index (χ1v) is 6.12. The molecule has 1 amide bonds. The highest BCUT2D eigenvalue weighted by Crippen LogP contribution is 2.09. The van der Waals surface area contributed by atoms with E-state index in [1.807, 2.05) is 6.07 Å². The van der Waals surface area contributed by atoms with Gasteiger partial charge in [-0.15, -0.1) is 0 Å². The molecule has 0 spiro atoms. The predicted octanol–water partition coefficient (Wildman–Crippen LogP) is 2.13. The molecule has 1 rings (SSSR count). The molecule has 2 N–H and O–H groups in total. The Morgan fingerprint density at radius 1 is 1.44 bits per heavy atom. The van der Waals surface area contributed by atoms with Gasteiger partial charge in [0.1, 0.15) is 0 Å². The summed E-state index contributed by atoms with van der Waals surface area (Å²) >= 11 is 0. The van der Waals surface area contributed by atoms with E-state index in [9.17, 15) is 4.79 Å². The molecule has 0 aromatic heterocycles. The first-order chi connectivity index (χ1) is 8.61. The number of amides is 1. The second kappa shape index (κ2) is 7.46. The molecule has 96 valence electrons. The molecule has 0 aliphatic rings. The zero-order valence-electron chi connectivity index (χ0n) is 10.9. The van der Waals surface area contributed by atoms with Gasteiger partial charge >= 0.3 is 0 Å². The van der Waals surface area contributed by atoms with Gasteiger partial charge in [0.2, 0.25) is 5.91 Å². The maximum Gasteiger partial charge on any atom is 0.238 e. The van der Waals surface area contributed by atoms with Crippen molar-refractivity contribution in [2.75, 3.05) is 18.4 Å². The van der Waals surface area contributed by atoms with E-state index in [4.69, 9.17) is 5.26 Å². The summed E-state index contributed by atoms with van der Waals surface area (Å²) in [6.45, 7) is 5.43. The molecular formula is C14H19N3O. The number of rotatable bonds is 6. The molecule has 18 heavy (non-hydrogen) atoms. The number of nitrogens with one attached hydrogen (secondary N) is 2. The van der Waals surface area contributed by atoms with Gasteiger partial charge in [-0.05, 0) is 37.1 Å². The van der Waals surface area contributed by atoms with Crippen molar-refractivity contribution in [3.05, 3.63) is 29.8 Å². The Labute approximate surface area is 108 Å². The number of carbonyl (C=O) groups is 1. The van der Waals surface area contributed by atoms with Gasteiger partial charge in [-0.3, -0.25) is 4.79 Å². The van der Waals surface area contributed by atoms with Crippen LogP contribution in [0.25, 0.3) is 0 Å². The number of nitrogens with zero attached hydrogens (tertiary/aromatic N) is 1. The number of anilines is 1. The average molecular weight is 245 g/mol. The van der Waals surface area contributed by atoms with Gasteiger partial charge in [-0.2, -0.15) is 5.26 Å². The third-order valence-electron chi connectivity index (χ3n) is 2.46. The van der Waals surface area contributed by atoms with Crippen LogP contribution in [-0.2, 0) is 4.79 Å². The van der Waals surface area contributed by atoms with Crippen LogP contribution in [-0.4, -0.2) is 19.0 Å². The third-order valence-corrected chi connectivity index (χ3v) is 2.46. The van der Waals surface area contributed by atoms with Crippen LogP contribution < -0.4 is 10.6 Å². The minimum Gasteiger partial charge on any atom is -0.325 e. The molecule has 1 aromatic rings. The number of carbonyl (C=O) groups excluding carboxylic acids is 1. The summed E-state index contributed by atoms with van der Waals surface area (Å²) in [5.74, 6) is 0.543. The van der Waals surface area contributed by atoms with E-state index in [1.54, 1.807) is 24.3 Å². The summed E-state index contributed by atoms with van der Waals surface area (Å²) in [5.41, 5.74) is 1.20. The fraction of sp³-hybridized carbons (Fsp3) is 0.429. The van der Waals surface area contributed by atoms with Crippen LogP contribution in [0.3, 0.4) is 0 Å². The van der Waals surface area contributed by atoms with Crippen molar-refractivity contribution < 1.29 is 4.79 Å². The lowest BCUT2D eigenvalue weighted by atomic mass is 10.1. The van der Waals surface area contributed by atoms with Gasteiger partial charge < -0.3 is 10.6 Å². The summed E-state index contributed by atoms with van der Waals surface area (Å²) in [7, 11) is 0. The lowest BCUT2D eigenvalue weighted by Gasteiger charge is -2.08. The molecule has 0 aliphatic carbocycles. The lowest BCUT2D eigenvalue weighted by Crippen LogP contribution is -2.29. The van der Waals surface area contributed by atoms with E-state index < -0.39 is 0 Å². The molecule has 0 aliphatic heterocycles. The molecule has 4 nitrogen and oxygen atoms in total. The van der Waals surface area contributed by atoms with Gasteiger partial charge in [0.05, 0.1) is 18.2 Å².